The molecule has 3 unspecified atom stereocenters. The zero-order chi connectivity index (χ0) is 13.0. The Morgan fingerprint density at radius 2 is 2.33 bits per heavy atom. The van der Waals surface area contributed by atoms with Crippen molar-refractivity contribution in [2.45, 2.75) is 39.2 Å². The lowest BCUT2D eigenvalue weighted by Crippen LogP contribution is -2.19. The molecule has 1 aliphatic carbocycles. The second-order valence-electron chi connectivity index (χ2n) is 5.25. The molecule has 1 N–H and O–H groups in total. The number of anilines is 1. The van der Waals surface area contributed by atoms with Gasteiger partial charge in [0.15, 0.2) is 0 Å². The predicted molar refractivity (Wildman–Crippen MR) is 73.8 cm³/mol. The Bertz CT molecular complexity index is 364. The summed E-state index contributed by atoms with van der Waals surface area (Å²) in [5, 5.41) is 3.35. The molecule has 4 nitrogen and oxygen atoms in total. The molecule has 0 aliphatic heterocycles. The fourth-order valence-corrected chi connectivity index (χ4v) is 3.18. The fraction of sp³-hybridized carbons (Fsp3) is 0.786. The van der Waals surface area contributed by atoms with Crippen molar-refractivity contribution >= 4 is 5.95 Å². The van der Waals surface area contributed by atoms with E-state index in [9.17, 15) is 0 Å². The molecule has 1 aliphatic rings. The third-order valence-corrected chi connectivity index (χ3v) is 4.32. The minimum absolute atomic E-state index is 0.600. The summed E-state index contributed by atoms with van der Waals surface area (Å²) in [7, 11) is 1.72. The highest BCUT2D eigenvalue weighted by atomic mass is 16.5. The van der Waals surface area contributed by atoms with Crippen LogP contribution in [0, 0.1) is 11.8 Å². The average Bonchev–Trinajstić information content (AvgIpc) is 2.96. The molecule has 2 rings (SSSR count). The molecule has 0 saturated heterocycles. The molecule has 18 heavy (non-hydrogen) atoms. The van der Waals surface area contributed by atoms with Crippen molar-refractivity contribution in [3.05, 3.63) is 12.4 Å². The predicted octanol–water partition coefficient (Wildman–Crippen LogP) is 2.94. The molecule has 102 valence electrons. The van der Waals surface area contributed by atoms with Crippen molar-refractivity contribution < 1.29 is 4.74 Å². The molecule has 1 fully saturated rings. The van der Waals surface area contributed by atoms with Crippen LogP contribution in [0.3, 0.4) is 0 Å². The number of nitrogens with one attached hydrogen (secondary N) is 1. The van der Waals surface area contributed by atoms with Crippen molar-refractivity contribution in [3.8, 4) is 0 Å². The SMILES string of the molecule is CCC1CCC(n2ccnc2NCCOC)C1C. The van der Waals surface area contributed by atoms with Gasteiger partial charge in [-0.05, 0) is 24.7 Å². The summed E-state index contributed by atoms with van der Waals surface area (Å²) in [6, 6.07) is 0.600. The van der Waals surface area contributed by atoms with E-state index < -0.39 is 0 Å². The topological polar surface area (TPSA) is 39.1 Å². The highest BCUT2D eigenvalue weighted by molar-refractivity contribution is 5.27. The van der Waals surface area contributed by atoms with E-state index in [4.69, 9.17) is 4.74 Å². The van der Waals surface area contributed by atoms with Crippen LogP contribution in [0.25, 0.3) is 0 Å². The molecular weight excluding hydrogens is 226 g/mol. The zero-order valence-electron chi connectivity index (χ0n) is 11.7. The Morgan fingerprint density at radius 3 is 3.00 bits per heavy atom. The van der Waals surface area contributed by atoms with E-state index in [-0.39, 0.29) is 0 Å². The number of methoxy groups -OCH3 is 1. The summed E-state index contributed by atoms with van der Waals surface area (Å²) in [5.41, 5.74) is 0. The highest BCUT2D eigenvalue weighted by Crippen LogP contribution is 2.42. The van der Waals surface area contributed by atoms with E-state index in [0.29, 0.717) is 12.6 Å². The third kappa shape index (κ3) is 2.69. The van der Waals surface area contributed by atoms with Crippen LogP contribution in [0.4, 0.5) is 5.95 Å². The largest absolute Gasteiger partial charge is 0.383 e. The van der Waals surface area contributed by atoms with Crippen molar-refractivity contribution in [1.82, 2.24) is 9.55 Å². The van der Waals surface area contributed by atoms with Gasteiger partial charge in [-0.15, -0.1) is 0 Å². The van der Waals surface area contributed by atoms with Gasteiger partial charge < -0.3 is 14.6 Å². The van der Waals surface area contributed by atoms with E-state index >= 15 is 0 Å². The minimum Gasteiger partial charge on any atom is -0.383 e. The highest BCUT2D eigenvalue weighted by Gasteiger charge is 2.33. The van der Waals surface area contributed by atoms with Gasteiger partial charge in [0.05, 0.1) is 6.61 Å². The average molecular weight is 251 g/mol. The molecular formula is C14H25N3O. The Morgan fingerprint density at radius 1 is 1.50 bits per heavy atom. The van der Waals surface area contributed by atoms with Crippen molar-refractivity contribution in [3.63, 3.8) is 0 Å². The first-order chi connectivity index (χ1) is 8.77. The van der Waals surface area contributed by atoms with Gasteiger partial charge >= 0.3 is 0 Å². The molecule has 4 heteroatoms. The molecule has 0 amide bonds. The number of hydrogen-bond acceptors (Lipinski definition) is 3. The van der Waals surface area contributed by atoms with Crippen LogP contribution in [0.5, 0.6) is 0 Å². The summed E-state index contributed by atoms with van der Waals surface area (Å²) in [6.45, 7) is 6.20. The standard InChI is InChI=1S/C14H25N3O/c1-4-12-5-6-13(11(12)2)17-9-7-15-14(17)16-8-10-18-3/h7,9,11-13H,4-6,8,10H2,1-3H3,(H,15,16). The first kappa shape index (κ1) is 13.4. The summed E-state index contributed by atoms with van der Waals surface area (Å²) in [4.78, 5) is 4.41. The van der Waals surface area contributed by atoms with Crippen LogP contribution < -0.4 is 5.32 Å². The van der Waals surface area contributed by atoms with Crippen LogP contribution >= 0.6 is 0 Å². The number of nitrogens with zero attached hydrogens (tertiary/aromatic N) is 2. The van der Waals surface area contributed by atoms with Crippen molar-refractivity contribution in [2.24, 2.45) is 11.8 Å². The Labute approximate surface area is 110 Å². The Balaban J connectivity index is 2.02. The zero-order valence-corrected chi connectivity index (χ0v) is 11.7. The van der Waals surface area contributed by atoms with Crippen LogP contribution in [0.1, 0.15) is 39.2 Å². The van der Waals surface area contributed by atoms with Gasteiger partial charge in [0.2, 0.25) is 5.95 Å². The lowest BCUT2D eigenvalue weighted by molar-refractivity contribution is 0.210. The normalized spacial score (nSPS) is 27.6. The second kappa shape index (κ2) is 6.23. The van der Waals surface area contributed by atoms with E-state index in [0.717, 1.165) is 24.3 Å². The summed E-state index contributed by atoms with van der Waals surface area (Å²) in [6.07, 6.45) is 7.90. The van der Waals surface area contributed by atoms with Gasteiger partial charge in [0, 0.05) is 32.1 Å². The second-order valence-corrected chi connectivity index (χ2v) is 5.25. The monoisotopic (exact) mass is 251 g/mol. The Kier molecular flexibility index (Phi) is 4.64. The van der Waals surface area contributed by atoms with Gasteiger partial charge in [-0.25, -0.2) is 4.98 Å². The molecule has 0 aromatic carbocycles. The molecule has 0 bridgehead atoms. The first-order valence-corrected chi connectivity index (χ1v) is 7.03. The third-order valence-electron chi connectivity index (χ3n) is 4.32. The number of imidazole rings is 1. The minimum atomic E-state index is 0.600. The van der Waals surface area contributed by atoms with Gasteiger partial charge in [-0.2, -0.15) is 0 Å². The van der Waals surface area contributed by atoms with Crippen LogP contribution in [-0.2, 0) is 4.74 Å². The first-order valence-electron chi connectivity index (χ1n) is 7.03. The van der Waals surface area contributed by atoms with Crippen LogP contribution in [0.2, 0.25) is 0 Å². The molecule has 1 heterocycles. The molecule has 0 radical (unpaired) electrons. The number of aromatic nitrogens is 2. The maximum atomic E-state index is 5.06. The van der Waals surface area contributed by atoms with E-state index in [1.54, 1.807) is 7.11 Å². The maximum absolute atomic E-state index is 5.06. The Hall–Kier alpha value is -1.03. The van der Waals surface area contributed by atoms with Crippen molar-refractivity contribution in [2.75, 3.05) is 25.6 Å². The van der Waals surface area contributed by atoms with Crippen LogP contribution in [-0.4, -0.2) is 29.8 Å². The lowest BCUT2D eigenvalue weighted by Gasteiger charge is -2.23. The van der Waals surface area contributed by atoms with Gasteiger partial charge in [0.1, 0.15) is 0 Å². The van der Waals surface area contributed by atoms with Gasteiger partial charge in [-0.1, -0.05) is 20.3 Å². The summed E-state index contributed by atoms with van der Waals surface area (Å²) in [5.74, 6) is 2.59. The lowest BCUT2D eigenvalue weighted by atomic mass is 9.93. The van der Waals surface area contributed by atoms with E-state index in [1.807, 2.05) is 6.20 Å². The van der Waals surface area contributed by atoms with Crippen molar-refractivity contribution in [1.29, 1.82) is 0 Å². The smallest absolute Gasteiger partial charge is 0.203 e. The molecule has 1 aromatic rings. The molecule has 1 aromatic heterocycles. The van der Waals surface area contributed by atoms with Gasteiger partial charge in [-0.3, -0.25) is 0 Å². The molecule has 0 spiro atoms. The summed E-state index contributed by atoms with van der Waals surface area (Å²) >= 11 is 0. The fourth-order valence-electron chi connectivity index (χ4n) is 3.18. The van der Waals surface area contributed by atoms with E-state index in [2.05, 4.69) is 34.9 Å². The number of ether oxygens (including phenoxy) is 1. The van der Waals surface area contributed by atoms with Gasteiger partial charge in [0.25, 0.3) is 0 Å². The number of rotatable bonds is 6. The maximum Gasteiger partial charge on any atom is 0.203 e. The number of hydrogen-bond donors (Lipinski definition) is 1. The summed E-state index contributed by atoms with van der Waals surface area (Å²) < 4.78 is 7.38. The quantitative estimate of drug-likeness (QED) is 0.790. The van der Waals surface area contributed by atoms with E-state index in [1.165, 1.54) is 19.3 Å². The van der Waals surface area contributed by atoms with Crippen LogP contribution in [0.15, 0.2) is 12.4 Å². The molecule has 3 atom stereocenters. The molecule has 1 saturated carbocycles.